The first-order chi connectivity index (χ1) is 12.1. The number of carbonyl (C=O) groups excluding carboxylic acids is 1. The summed E-state index contributed by atoms with van der Waals surface area (Å²) >= 11 is 0. The molecule has 8 heteroatoms. The molecule has 0 saturated heterocycles. The fraction of sp³-hybridized carbons (Fsp3) is 0.167. The molecular weight excluding hydrogens is 367 g/mol. The number of hydrogen-bond acceptors (Lipinski definition) is 3. The van der Waals surface area contributed by atoms with Crippen molar-refractivity contribution in [2.75, 3.05) is 0 Å². The third-order valence-electron chi connectivity index (χ3n) is 3.87. The van der Waals surface area contributed by atoms with Crippen molar-refractivity contribution >= 4 is 26.7 Å². The maximum absolute atomic E-state index is 13.0. The molecule has 136 valence electrons. The number of Topliss-reactive ketones (excluding diaryl/α,β-unsaturated/α-hetero) is 1. The van der Waals surface area contributed by atoms with Gasteiger partial charge in [0.05, 0.1) is 16.0 Å². The molecule has 0 atom stereocenters. The molecule has 0 spiro atoms. The molecule has 1 heterocycles. The van der Waals surface area contributed by atoms with Crippen LogP contribution in [0, 0.1) is 0 Å². The van der Waals surface area contributed by atoms with E-state index in [1.165, 1.54) is 25.1 Å². The van der Waals surface area contributed by atoms with Gasteiger partial charge < -0.3 is 0 Å². The Kier molecular flexibility index (Phi) is 4.39. The molecule has 3 aromatic rings. The van der Waals surface area contributed by atoms with Crippen LogP contribution < -0.4 is 0 Å². The Balaban J connectivity index is 2.30. The van der Waals surface area contributed by atoms with Gasteiger partial charge in [-0.3, -0.25) is 4.79 Å². The van der Waals surface area contributed by atoms with Crippen molar-refractivity contribution in [2.24, 2.45) is 0 Å². The summed E-state index contributed by atoms with van der Waals surface area (Å²) in [6.07, 6.45) is -4.75. The number of fused-ring (bicyclic) bond motifs is 1. The summed E-state index contributed by atoms with van der Waals surface area (Å²) in [5.41, 5.74) is -0.664. The Hall–Kier alpha value is -2.61. The number of alkyl halides is 3. The van der Waals surface area contributed by atoms with Crippen LogP contribution in [-0.2, 0) is 27.4 Å². The van der Waals surface area contributed by atoms with E-state index in [9.17, 15) is 26.4 Å². The second kappa shape index (κ2) is 6.28. The predicted octanol–water partition coefficient (Wildman–Crippen LogP) is 4.03. The molecule has 3 rings (SSSR count). The highest BCUT2D eigenvalue weighted by Gasteiger charge is 2.31. The van der Waals surface area contributed by atoms with Gasteiger partial charge in [-0.05, 0) is 43.3 Å². The molecule has 0 radical (unpaired) electrons. The minimum atomic E-state index is -4.55. The first kappa shape index (κ1) is 18.2. The lowest BCUT2D eigenvalue weighted by Gasteiger charge is -2.12. The van der Waals surface area contributed by atoms with Crippen molar-refractivity contribution in [3.63, 3.8) is 0 Å². The van der Waals surface area contributed by atoms with Gasteiger partial charge in [0.15, 0.2) is 0 Å². The third kappa shape index (κ3) is 3.24. The largest absolute Gasteiger partial charge is 0.416 e. The van der Waals surface area contributed by atoms with Gasteiger partial charge >= 0.3 is 6.18 Å². The van der Waals surface area contributed by atoms with Gasteiger partial charge in [0.1, 0.15) is 5.78 Å². The maximum Gasteiger partial charge on any atom is 0.416 e. The third-order valence-corrected chi connectivity index (χ3v) is 5.65. The normalized spacial score (nSPS) is 12.5. The first-order valence-corrected chi connectivity index (χ1v) is 9.06. The average Bonchev–Trinajstić information content (AvgIpc) is 2.91. The fourth-order valence-electron chi connectivity index (χ4n) is 2.78. The number of halogens is 3. The molecule has 1 aromatic heterocycles. The molecule has 0 aliphatic carbocycles. The van der Waals surface area contributed by atoms with Crippen LogP contribution in [0.4, 0.5) is 13.2 Å². The summed E-state index contributed by atoms with van der Waals surface area (Å²) in [6.45, 7) is 1.29. The SMILES string of the molecule is CC(=O)Cc1cc2cc(C(F)(F)F)ccc2n1S(=O)(=O)c1ccccc1. The monoisotopic (exact) mass is 381 g/mol. The highest BCUT2D eigenvalue weighted by Crippen LogP contribution is 2.33. The quantitative estimate of drug-likeness (QED) is 0.686. The first-order valence-electron chi connectivity index (χ1n) is 7.62. The summed E-state index contributed by atoms with van der Waals surface area (Å²) in [5.74, 6) is -0.298. The topological polar surface area (TPSA) is 56.1 Å². The van der Waals surface area contributed by atoms with Crippen LogP contribution in [0.1, 0.15) is 18.2 Å². The van der Waals surface area contributed by atoms with E-state index in [1.807, 2.05) is 0 Å². The van der Waals surface area contributed by atoms with Gasteiger partial charge in [0.25, 0.3) is 10.0 Å². The second-order valence-electron chi connectivity index (χ2n) is 5.87. The van der Waals surface area contributed by atoms with Crippen molar-refractivity contribution in [3.05, 3.63) is 65.9 Å². The van der Waals surface area contributed by atoms with E-state index in [4.69, 9.17) is 0 Å². The Morgan fingerprint density at radius 1 is 1.04 bits per heavy atom. The molecular formula is C18H14F3NO3S. The van der Waals surface area contributed by atoms with Crippen molar-refractivity contribution in [1.82, 2.24) is 3.97 Å². The highest BCUT2D eigenvalue weighted by atomic mass is 32.2. The van der Waals surface area contributed by atoms with Crippen LogP contribution in [0.3, 0.4) is 0 Å². The molecule has 0 N–H and O–H groups in total. The molecule has 2 aromatic carbocycles. The minimum absolute atomic E-state index is 0.0119. The number of nitrogens with zero attached hydrogens (tertiary/aromatic N) is 1. The number of ketones is 1. The van der Waals surface area contributed by atoms with Gasteiger partial charge in [-0.2, -0.15) is 13.2 Å². The van der Waals surface area contributed by atoms with Crippen LogP contribution in [-0.4, -0.2) is 18.2 Å². The van der Waals surface area contributed by atoms with Gasteiger partial charge in [0.2, 0.25) is 0 Å². The summed E-state index contributed by atoms with van der Waals surface area (Å²) in [4.78, 5) is 11.5. The smallest absolute Gasteiger partial charge is 0.300 e. The maximum atomic E-state index is 13.0. The zero-order chi connectivity index (χ0) is 19.1. The zero-order valence-electron chi connectivity index (χ0n) is 13.6. The zero-order valence-corrected chi connectivity index (χ0v) is 14.4. The number of rotatable bonds is 4. The van der Waals surface area contributed by atoms with Gasteiger partial charge in [-0.15, -0.1) is 0 Å². The Morgan fingerprint density at radius 3 is 2.27 bits per heavy atom. The number of benzene rings is 2. The Labute approximate surface area is 147 Å². The Bertz CT molecular complexity index is 1080. The lowest BCUT2D eigenvalue weighted by atomic mass is 10.1. The van der Waals surface area contributed by atoms with Crippen molar-refractivity contribution in [1.29, 1.82) is 0 Å². The van der Waals surface area contributed by atoms with Crippen LogP contribution in [0.25, 0.3) is 10.9 Å². The van der Waals surface area contributed by atoms with Crippen LogP contribution in [0.5, 0.6) is 0 Å². The summed E-state index contributed by atoms with van der Waals surface area (Å²) in [5, 5.41) is 0.107. The van der Waals surface area contributed by atoms with Crippen molar-refractivity contribution < 1.29 is 26.4 Å². The molecule has 4 nitrogen and oxygen atoms in total. The van der Waals surface area contributed by atoms with E-state index < -0.39 is 21.8 Å². The van der Waals surface area contributed by atoms with Gasteiger partial charge in [-0.1, -0.05) is 18.2 Å². The molecule has 26 heavy (non-hydrogen) atoms. The standard InChI is InChI=1S/C18H14F3NO3S/c1-12(23)9-15-11-13-10-14(18(19,20)21)7-8-17(13)22(15)26(24,25)16-5-3-2-4-6-16/h2-8,10-11H,9H2,1H3. The lowest BCUT2D eigenvalue weighted by molar-refractivity contribution is -0.137. The predicted molar refractivity (Wildman–Crippen MR) is 90.4 cm³/mol. The van der Waals surface area contributed by atoms with Crippen molar-refractivity contribution in [2.45, 2.75) is 24.4 Å². The molecule has 0 fully saturated rings. The molecule has 0 aliphatic rings. The minimum Gasteiger partial charge on any atom is -0.300 e. The van der Waals surface area contributed by atoms with Gasteiger partial charge in [-0.25, -0.2) is 12.4 Å². The summed E-state index contributed by atoms with van der Waals surface area (Å²) in [7, 11) is -4.06. The molecule has 0 unspecified atom stereocenters. The van der Waals surface area contributed by atoms with E-state index in [0.29, 0.717) is 0 Å². The molecule has 0 amide bonds. The lowest BCUT2D eigenvalue weighted by Crippen LogP contribution is -2.17. The highest BCUT2D eigenvalue weighted by molar-refractivity contribution is 7.90. The molecule has 0 aliphatic heterocycles. The van der Waals surface area contributed by atoms with E-state index >= 15 is 0 Å². The van der Waals surface area contributed by atoms with Crippen LogP contribution in [0.15, 0.2) is 59.5 Å². The van der Waals surface area contributed by atoms with E-state index in [2.05, 4.69) is 0 Å². The van der Waals surface area contributed by atoms with Crippen LogP contribution >= 0.6 is 0 Å². The van der Waals surface area contributed by atoms with E-state index in [-0.39, 0.29) is 33.7 Å². The summed E-state index contributed by atoms with van der Waals surface area (Å²) in [6, 6.07) is 11.7. The Morgan fingerprint density at radius 2 is 1.69 bits per heavy atom. The number of hydrogen-bond donors (Lipinski definition) is 0. The summed E-state index contributed by atoms with van der Waals surface area (Å²) < 4.78 is 65.8. The van der Waals surface area contributed by atoms with E-state index in [0.717, 1.165) is 22.2 Å². The van der Waals surface area contributed by atoms with Gasteiger partial charge in [0, 0.05) is 17.5 Å². The van der Waals surface area contributed by atoms with E-state index in [1.54, 1.807) is 18.2 Å². The average molecular weight is 381 g/mol. The number of carbonyl (C=O) groups is 1. The number of aromatic nitrogens is 1. The van der Waals surface area contributed by atoms with Crippen molar-refractivity contribution in [3.8, 4) is 0 Å². The fourth-order valence-corrected chi connectivity index (χ4v) is 4.35. The molecule has 0 saturated carbocycles. The molecule has 0 bridgehead atoms. The second-order valence-corrected chi connectivity index (χ2v) is 7.66. The van der Waals surface area contributed by atoms with Crippen LogP contribution in [0.2, 0.25) is 0 Å².